The molecule has 0 saturated carbocycles. The van der Waals surface area contributed by atoms with Crippen LogP contribution >= 0.6 is 0 Å². The minimum Gasteiger partial charge on any atom is -0.359 e. The van der Waals surface area contributed by atoms with E-state index >= 15 is 0 Å². The van der Waals surface area contributed by atoms with Crippen LogP contribution in [-0.2, 0) is 0 Å². The molecule has 4 heteroatoms. The first-order chi connectivity index (χ1) is 6.45. The van der Waals surface area contributed by atoms with Gasteiger partial charge < -0.3 is 4.98 Å². The Bertz CT molecular complexity index is 570. The topological polar surface area (TPSA) is 54.5 Å². The smallest absolute Gasteiger partial charge is 0.138 e. The van der Waals surface area contributed by atoms with E-state index in [0.29, 0.717) is 0 Å². The van der Waals surface area contributed by atoms with Crippen LogP contribution in [0.5, 0.6) is 0 Å². The summed E-state index contributed by atoms with van der Waals surface area (Å²) in [5.74, 6) is 0. The fraction of sp³-hybridized carbons (Fsp3) is 0. The molecule has 0 bridgehead atoms. The lowest BCUT2D eigenvalue weighted by Gasteiger charge is -1.94. The highest BCUT2D eigenvalue weighted by molar-refractivity contribution is 6.01. The van der Waals surface area contributed by atoms with Gasteiger partial charge in [0.15, 0.2) is 0 Å². The van der Waals surface area contributed by atoms with Crippen molar-refractivity contribution in [2.24, 2.45) is 0 Å². The predicted molar refractivity (Wildman–Crippen MR) is 49.2 cm³/mol. The zero-order valence-corrected chi connectivity index (χ0v) is 6.73. The second kappa shape index (κ2) is 2.26. The number of benzene rings is 1. The van der Waals surface area contributed by atoms with Crippen LogP contribution in [0.3, 0.4) is 0 Å². The second-order valence-corrected chi connectivity index (χ2v) is 2.84. The van der Waals surface area contributed by atoms with Gasteiger partial charge in [-0.15, -0.1) is 10.2 Å². The molecule has 0 aliphatic heterocycles. The Hall–Kier alpha value is -1.97. The molecule has 3 aromatic rings. The van der Waals surface area contributed by atoms with Crippen molar-refractivity contribution in [1.82, 2.24) is 20.2 Å². The maximum Gasteiger partial charge on any atom is 0.138 e. The molecular formula is C9H6N4. The monoisotopic (exact) mass is 170 g/mol. The minimum absolute atomic E-state index is 0.824. The Balaban J connectivity index is 2.65. The standard InChI is InChI=1S/C9H6N4/c1-2-7-9(13-12-5-11-7)8-6(1)3-4-10-8/h1-5,10H. The van der Waals surface area contributed by atoms with Crippen molar-refractivity contribution < 1.29 is 0 Å². The van der Waals surface area contributed by atoms with E-state index in [4.69, 9.17) is 0 Å². The fourth-order valence-corrected chi connectivity index (χ4v) is 1.48. The van der Waals surface area contributed by atoms with Gasteiger partial charge in [0.2, 0.25) is 0 Å². The summed E-state index contributed by atoms with van der Waals surface area (Å²) in [6, 6.07) is 5.96. The zero-order valence-electron chi connectivity index (χ0n) is 6.73. The highest BCUT2D eigenvalue weighted by Gasteiger charge is 2.02. The predicted octanol–water partition coefficient (Wildman–Crippen LogP) is 1.51. The average Bonchev–Trinajstić information content (AvgIpc) is 2.65. The molecular weight excluding hydrogens is 164 g/mol. The third-order valence-corrected chi connectivity index (χ3v) is 2.09. The summed E-state index contributed by atoms with van der Waals surface area (Å²) >= 11 is 0. The second-order valence-electron chi connectivity index (χ2n) is 2.84. The van der Waals surface area contributed by atoms with Gasteiger partial charge in [-0.25, -0.2) is 4.98 Å². The van der Waals surface area contributed by atoms with E-state index in [1.807, 2.05) is 24.4 Å². The molecule has 1 aromatic carbocycles. The summed E-state index contributed by atoms with van der Waals surface area (Å²) in [4.78, 5) is 7.24. The van der Waals surface area contributed by atoms with Gasteiger partial charge in [0, 0.05) is 11.6 Å². The first-order valence-electron chi connectivity index (χ1n) is 3.98. The van der Waals surface area contributed by atoms with Crippen molar-refractivity contribution in [3.63, 3.8) is 0 Å². The Morgan fingerprint density at radius 1 is 1.15 bits per heavy atom. The van der Waals surface area contributed by atoms with Crippen molar-refractivity contribution in [1.29, 1.82) is 0 Å². The summed E-state index contributed by atoms with van der Waals surface area (Å²) in [7, 11) is 0. The van der Waals surface area contributed by atoms with Gasteiger partial charge in [-0.05, 0) is 12.1 Å². The number of hydrogen-bond donors (Lipinski definition) is 1. The molecule has 0 unspecified atom stereocenters. The lowest BCUT2D eigenvalue weighted by Crippen LogP contribution is -1.86. The molecule has 2 heterocycles. The highest BCUT2D eigenvalue weighted by atomic mass is 15.1. The molecule has 4 nitrogen and oxygen atoms in total. The van der Waals surface area contributed by atoms with Crippen molar-refractivity contribution >= 4 is 21.9 Å². The maximum absolute atomic E-state index is 4.12. The van der Waals surface area contributed by atoms with E-state index in [9.17, 15) is 0 Å². The lowest BCUT2D eigenvalue weighted by atomic mass is 10.2. The quantitative estimate of drug-likeness (QED) is 0.556. The van der Waals surface area contributed by atoms with Crippen LogP contribution < -0.4 is 0 Å². The summed E-state index contributed by atoms with van der Waals surface area (Å²) in [5.41, 5.74) is 2.69. The lowest BCUT2D eigenvalue weighted by molar-refractivity contribution is 1.02. The molecule has 0 radical (unpaired) electrons. The van der Waals surface area contributed by atoms with Gasteiger partial charge in [0.25, 0.3) is 0 Å². The number of H-pyrrole nitrogens is 1. The molecule has 13 heavy (non-hydrogen) atoms. The number of nitrogens with zero attached hydrogens (tertiary/aromatic N) is 3. The van der Waals surface area contributed by atoms with Crippen LogP contribution in [0.15, 0.2) is 30.7 Å². The van der Waals surface area contributed by atoms with Crippen LogP contribution in [-0.4, -0.2) is 20.2 Å². The molecule has 0 saturated heterocycles. The number of aromatic nitrogens is 4. The van der Waals surface area contributed by atoms with Crippen LogP contribution in [0.2, 0.25) is 0 Å². The van der Waals surface area contributed by atoms with Gasteiger partial charge in [-0.3, -0.25) is 0 Å². The van der Waals surface area contributed by atoms with E-state index in [1.54, 1.807) is 0 Å². The summed E-state index contributed by atoms with van der Waals surface area (Å²) in [6.45, 7) is 0. The molecule has 0 atom stereocenters. The highest BCUT2D eigenvalue weighted by Crippen LogP contribution is 2.19. The van der Waals surface area contributed by atoms with E-state index in [0.717, 1.165) is 21.9 Å². The third kappa shape index (κ3) is 0.823. The van der Waals surface area contributed by atoms with Gasteiger partial charge in [-0.1, -0.05) is 6.07 Å². The number of aromatic amines is 1. The molecule has 0 spiro atoms. The average molecular weight is 170 g/mol. The zero-order chi connectivity index (χ0) is 8.67. The van der Waals surface area contributed by atoms with E-state index in [-0.39, 0.29) is 0 Å². The van der Waals surface area contributed by atoms with Crippen LogP contribution in [0.4, 0.5) is 0 Å². The molecule has 3 rings (SSSR count). The number of fused-ring (bicyclic) bond motifs is 3. The van der Waals surface area contributed by atoms with Gasteiger partial charge in [-0.2, -0.15) is 0 Å². The molecule has 0 aliphatic rings. The summed E-state index contributed by atoms with van der Waals surface area (Å²) in [5, 5.41) is 8.93. The van der Waals surface area contributed by atoms with Crippen molar-refractivity contribution in [2.75, 3.05) is 0 Å². The molecule has 0 fully saturated rings. The SMILES string of the molecule is c1nnc2c(ccc3cc[nH]c32)n1. The molecule has 0 amide bonds. The number of rotatable bonds is 0. The Kier molecular flexibility index (Phi) is 1.14. The van der Waals surface area contributed by atoms with E-state index in [1.165, 1.54) is 6.33 Å². The molecule has 62 valence electrons. The van der Waals surface area contributed by atoms with Crippen molar-refractivity contribution in [3.8, 4) is 0 Å². The largest absolute Gasteiger partial charge is 0.359 e. The Labute approximate surface area is 73.6 Å². The van der Waals surface area contributed by atoms with Gasteiger partial charge in [0.1, 0.15) is 11.8 Å². The first kappa shape index (κ1) is 6.54. The van der Waals surface area contributed by atoms with Crippen LogP contribution in [0.1, 0.15) is 0 Å². The van der Waals surface area contributed by atoms with Gasteiger partial charge >= 0.3 is 0 Å². The first-order valence-corrected chi connectivity index (χ1v) is 3.98. The maximum atomic E-state index is 4.12. The minimum atomic E-state index is 0.824. The molecule has 1 N–H and O–H groups in total. The van der Waals surface area contributed by atoms with E-state index in [2.05, 4.69) is 20.2 Å². The Morgan fingerprint density at radius 2 is 2.15 bits per heavy atom. The Morgan fingerprint density at radius 3 is 3.15 bits per heavy atom. The molecule has 2 aromatic heterocycles. The third-order valence-electron chi connectivity index (χ3n) is 2.09. The normalized spacial score (nSPS) is 11.1. The summed E-state index contributed by atoms with van der Waals surface area (Å²) < 4.78 is 0. The van der Waals surface area contributed by atoms with Crippen LogP contribution in [0.25, 0.3) is 21.9 Å². The van der Waals surface area contributed by atoms with Crippen molar-refractivity contribution in [2.45, 2.75) is 0 Å². The molecule has 0 aliphatic carbocycles. The fourth-order valence-electron chi connectivity index (χ4n) is 1.48. The van der Waals surface area contributed by atoms with E-state index < -0.39 is 0 Å². The van der Waals surface area contributed by atoms with Crippen LogP contribution in [0, 0.1) is 0 Å². The number of nitrogens with one attached hydrogen (secondary N) is 1. The summed E-state index contributed by atoms with van der Waals surface area (Å²) in [6.07, 6.45) is 3.34. The van der Waals surface area contributed by atoms with Gasteiger partial charge in [0.05, 0.1) is 11.0 Å². The van der Waals surface area contributed by atoms with Crippen molar-refractivity contribution in [3.05, 3.63) is 30.7 Å². The number of hydrogen-bond acceptors (Lipinski definition) is 3.